The van der Waals surface area contributed by atoms with Gasteiger partial charge in [-0.15, -0.1) is 0 Å². The first-order chi connectivity index (χ1) is 8.15. The lowest BCUT2D eigenvalue weighted by molar-refractivity contribution is 0.624. The summed E-state index contributed by atoms with van der Waals surface area (Å²) in [5, 5.41) is 8.47. The van der Waals surface area contributed by atoms with Crippen LogP contribution in [0.4, 0.5) is 0 Å². The zero-order valence-corrected chi connectivity index (χ0v) is 10.8. The molecule has 17 heavy (non-hydrogen) atoms. The van der Waals surface area contributed by atoms with Crippen LogP contribution in [-0.4, -0.2) is 9.78 Å². The Balaban J connectivity index is 1.87. The van der Waals surface area contributed by atoms with Crippen LogP contribution >= 0.6 is 11.6 Å². The molecule has 0 aliphatic heterocycles. The van der Waals surface area contributed by atoms with Crippen molar-refractivity contribution in [2.24, 2.45) is 7.05 Å². The molecule has 2 aromatic rings. The van der Waals surface area contributed by atoms with E-state index in [4.69, 9.17) is 11.6 Å². The summed E-state index contributed by atoms with van der Waals surface area (Å²) >= 11 is 5.83. The third kappa shape index (κ3) is 3.32. The van der Waals surface area contributed by atoms with Crippen LogP contribution in [0.3, 0.4) is 0 Å². The average molecular weight is 250 g/mol. The minimum absolute atomic E-state index is 0.774. The van der Waals surface area contributed by atoms with Crippen molar-refractivity contribution in [1.82, 2.24) is 15.1 Å². The summed E-state index contributed by atoms with van der Waals surface area (Å²) < 4.78 is 1.91. The van der Waals surface area contributed by atoms with Gasteiger partial charge < -0.3 is 5.32 Å². The zero-order chi connectivity index (χ0) is 12.3. The molecule has 1 N–H and O–H groups in total. The lowest BCUT2D eigenvalue weighted by Gasteiger charge is -2.05. The highest BCUT2D eigenvalue weighted by molar-refractivity contribution is 6.30. The van der Waals surface area contributed by atoms with Crippen molar-refractivity contribution in [1.29, 1.82) is 0 Å². The van der Waals surface area contributed by atoms with E-state index in [2.05, 4.69) is 16.5 Å². The van der Waals surface area contributed by atoms with E-state index in [9.17, 15) is 0 Å². The topological polar surface area (TPSA) is 29.9 Å². The summed E-state index contributed by atoms with van der Waals surface area (Å²) in [5.74, 6) is 0. The minimum Gasteiger partial charge on any atom is -0.307 e. The van der Waals surface area contributed by atoms with E-state index in [0.717, 1.165) is 23.8 Å². The van der Waals surface area contributed by atoms with Crippen LogP contribution in [0, 0.1) is 6.92 Å². The summed E-state index contributed by atoms with van der Waals surface area (Å²) in [6, 6.07) is 9.97. The van der Waals surface area contributed by atoms with E-state index in [1.54, 1.807) is 0 Å². The fourth-order valence-corrected chi connectivity index (χ4v) is 1.89. The van der Waals surface area contributed by atoms with E-state index in [1.165, 1.54) is 11.3 Å². The molecule has 2 rings (SSSR count). The van der Waals surface area contributed by atoms with Crippen LogP contribution in [0.25, 0.3) is 0 Å². The van der Waals surface area contributed by atoms with Gasteiger partial charge in [0.15, 0.2) is 0 Å². The fraction of sp³-hybridized carbons (Fsp3) is 0.308. The molecule has 0 aliphatic carbocycles. The van der Waals surface area contributed by atoms with Gasteiger partial charge in [-0.05, 0) is 30.7 Å². The number of benzene rings is 1. The number of aromatic nitrogens is 2. The smallest absolute Gasteiger partial charge is 0.0597 e. The predicted octanol–water partition coefficient (Wildman–Crippen LogP) is 2.67. The van der Waals surface area contributed by atoms with Gasteiger partial charge in [-0.1, -0.05) is 23.7 Å². The molecule has 0 saturated carbocycles. The maximum Gasteiger partial charge on any atom is 0.0597 e. The van der Waals surface area contributed by atoms with Crippen molar-refractivity contribution in [3.05, 3.63) is 52.3 Å². The average Bonchev–Trinajstić information content (AvgIpc) is 2.60. The third-order valence-electron chi connectivity index (χ3n) is 2.65. The van der Waals surface area contributed by atoms with Gasteiger partial charge in [0.05, 0.1) is 11.4 Å². The minimum atomic E-state index is 0.774. The van der Waals surface area contributed by atoms with Gasteiger partial charge in [0.1, 0.15) is 0 Å². The lowest BCUT2D eigenvalue weighted by atomic mass is 10.2. The number of aryl methyl sites for hydroxylation is 2. The van der Waals surface area contributed by atoms with Crippen molar-refractivity contribution < 1.29 is 0 Å². The van der Waals surface area contributed by atoms with Gasteiger partial charge in [0.2, 0.25) is 0 Å². The molecule has 1 aromatic heterocycles. The van der Waals surface area contributed by atoms with Crippen LogP contribution in [0.15, 0.2) is 30.3 Å². The van der Waals surface area contributed by atoms with Crippen LogP contribution in [0.1, 0.15) is 17.0 Å². The Kier molecular flexibility index (Phi) is 3.82. The van der Waals surface area contributed by atoms with E-state index in [1.807, 2.05) is 42.9 Å². The zero-order valence-electron chi connectivity index (χ0n) is 10.1. The van der Waals surface area contributed by atoms with Gasteiger partial charge in [-0.25, -0.2) is 0 Å². The molecule has 0 bridgehead atoms. The maximum absolute atomic E-state index is 5.83. The molecule has 3 nitrogen and oxygen atoms in total. The Bertz CT molecular complexity index is 488. The highest BCUT2D eigenvalue weighted by Crippen LogP contribution is 2.09. The quantitative estimate of drug-likeness (QED) is 0.903. The number of nitrogens with zero attached hydrogens (tertiary/aromatic N) is 2. The van der Waals surface area contributed by atoms with Crippen LogP contribution < -0.4 is 5.32 Å². The molecule has 90 valence electrons. The summed E-state index contributed by atoms with van der Waals surface area (Å²) in [6.45, 7) is 3.66. The Morgan fingerprint density at radius 2 is 1.94 bits per heavy atom. The largest absolute Gasteiger partial charge is 0.307 e. The Labute approximate surface area is 106 Å². The number of hydrogen-bond donors (Lipinski definition) is 1. The second kappa shape index (κ2) is 5.34. The molecule has 0 amide bonds. The van der Waals surface area contributed by atoms with Gasteiger partial charge >= 0.3 is 0 Å². The molecule has 0 unspecified atom stereocenters. The lowest BCUT2D eigenvalue weighted by Crippen LogP contribution is -2.15. The summed E-state index contributed by atoms with van der Waals surface area (Å²) in [6.07, 6.45) is 0. The van der Waals surface area contributed by atoms with Crippen molar-refractivity contribution >= 4 is 11.6 Å². The molecule has 0 radical (unpaired) electrons. The van der Waals surface area contributed by atoms with Gasteiger partial charge in [-0.3, -0.25) is 4.68 Å². The van der Waals surface area contributed by atoms with E-state index in [-0.39, 0.29) is 0 Å². The first-order valence-corrected chi connectivity index (χ1v) is 5.97. The predicted molar refractivity (Wildman–Crippen MR) is 69.9 cm³/mol. The molecular weight excluding hydrogens is 234 g/mol. The summed E-state index contributed by atoms with van der Waals surface area (Å²) in [5.41, 5.74) is 3.47. The highest BCUT2D eigenvalue weighted by Gasteiger charge is 2.01. The van der Waals surface area contributed by atoms with E-state index >= 15 is 0 Å². The number of hydrogen-bond acceptors (Lipinski definition) is 2. The highest BCUT2D eigenvalue weighted by atomic mass is 35.5. The van der Waals surface area contributed by atoms with E-state index in [0.29, 0.717) is 0 Å². The number of nitrogens with one attached hydrogen (secondary N) is 1. The van der Waals surface area contributed by atoms with Crippen LogP contribution in [0.5, 0.6) is 0 Å². The first kappa shape index (κ1) is 12.1. The van der Waals surface area contributed by atoms with Crippen LogP contribution in [0.2, 0.25) is 5.02 Å². The Hall–Kier alpha value is -1.32. The molecule has 0 aliphatic rings. The first-order valence-electron chi connectivity index (χ1n) is 5.60. The van der Waals surface area contributed by atoms with Crippen molar-refractivity contribution in [2.75, 3.05) is 0 Å². The Morgan fingerprint density at radius 1 is 1.24 bits per heavy atom. The second-order valence-corrected chi connectivity index (χ2v) is 4.57. The Morgan fingerprint density at radius 3 is 2.53 bits per heavy atom. The second-order valence-electron chi connectivity index (χ2n) is 4.13. The third-order valence-corrected chi connectivity index (χ3v) is 2.90. The molecule has 1 aromatic carbocycles. The van der Waals surface area contributed by atoms with Crippen molar-refractivity contribution in [3.63, 3.8) is 0 Å². The fourth-order valence-electron chi connectivity index (χ4n) is 1.77. The number of halogens is 1. The molecule has 0 fully saturated rings. The molecule has 4 heteroatoms. The van der Waals surface area contributed by atoms with Gasteiger partial charge in [0.25, 0.3) is 0 Å². The molecule has 1 heterocycles. The number of rotatable bonds is 4. The van der Waals surface area contributed by atoms with Crippen LogP contribution in [-0.2, 0) is 20.1 Å². The molecule has 0 saturated heterocycles. The maximum atomic E-state index is 5.83. The monoisotopic (exact) mass is 249 g/mol. The molecule has 0 atom stereocenters. The van der Waals surface area contributed by atoms with E-state index < -0.39 is 0 Å². The van der Waals surface area contributed by atoms with Gasteiger partial charge in [0, 0.05) is 25.2 Å². The SMILES string of the molecule is Cc1cc(CNCc2ccc(Cl)cc2)n(C)n1. The van der Waals surface area contributed by atoms with Crippen molar-refractivity contribution in [2.45, 2.75) is 20.0 Å². The van der Waals surface area contributed by atoms with Crippen molar-refractivity contribution in [3.8, 4) is 0 Å². The normalized spacial score (nSPS) is 10.8. The standard InChI is InChI=1S/C13H16ClN3/c1-10-7-13(17(2)16-10)9-15-8-11-3-5-12(14)6-4-11/h3-7,15H,8-9H2,1-2H3. The molecule has 0 spiro atoms. The molecular formula is C13H16ClN3. The summed E-state index contributed by atoms with van der Waals surface area (Å²) in [7, 11) is 1.96. The summed E-state index contributed by atoms with van der Waals surface area (Å²) in [4.78, 5) is 0. The van der Waals surface area contributed by atoms with Gasteiger partial charge in [-0.2, -0.15) is 5.10 Å².